The van der Waals surface area contributed by atoms with Crippen LogP contribution >= 0.6 is 0 Å². The number of fused-ring (bicyclic) bond motifs is 1. The van der Waals surface area contributed by atoms with Gasteiger partial charge in [0.2, 0.25) is 0 Å². The van der Waals surface area contributed by atoms with Crippen LogP contribution in [0.4, 0.5) is 11.4 Å². The number of amides is 2. The number of carbonyl (C=O) groups excluding carboxylic acids is 2. The van der Waals surface area contributed by atoms with Gasteiger partial charge >= 0.3 is 0 Å². The lowest BCUT2D eigenvalue weighted by molar-refractivity contribution is 0.101. The molecule has 0 atom stereocenters. The molecule has 5 nitrogen and oxygen atoms in total. The van der Waals surface area contributed by atoms with Crippen LogP contribution in [0.25, 0.3) is 22.0 Å². The maximum absolute atomic E-state index is 12.8. The first-order valence-corrected chi connectivity index (χ1v) is 10.9. The molecule has 0 aliphatic heterocycles. The molecule has 0 radical (unpaired) electrons. The Labute approximate surface area is 197 Å². The Morgan fingerprint density at radius 2 is 1.26 bits per heavy atom. The van der Waals surface area contributed by atoms with Crippen molar-refractivity contribution in [2.24, 2.45) is 0 Å². The molecule has 164 valence electrons. The molecular weight excluding hydrogens is 422 g/mol. The van der Waals surface area contributed by atoms with E-state index in [1.165, 1.54) is 0 Å². The van der Waals surface area contributed by atoms with E-state index in [9.17, 15) is 9.59 Å². The fraction of sp³-hybridized carbons (Fsp3) is 0. The summed E-state index contributed by atoms with van der Waals surface area (Å²) in [6.45, 7) is 0. The molecule has 34 heavy (non-hydrogen) atoms. The minimum absolute atomic E-state index is 0.177. The maximum Gasteiger partial charge on any atom is 0.257 e. The smallest absolute Gasteiger partial charge is 0.257 e. The van der Waals surface area contributed by atoms with Crippen LogP contribution in [-0.4, -0.2) is 16.8 Å². The lowest BCUT2D eigenvalue weighted by atomic mass is 10.1. The maximum atomic E-state index is 12.8. The second kappa shape index (κ2) is 9.38. The summed E-state index contributed by atoms with van der Waals surface area (Å²) in [5.41, 5.74) is 4.11. The molecule has 0 unspecified atom stereocenters. The lowest BCUT2D eigenvalue weighted by Gasteiger charge is -2.09. The van der Waals surface area contributed by atoms with Gasteiger partial charge in [-0.2, -0.15) is 0 Å². The Bertz CT molecular complexity index is 1460. The Kier molecular flexibility index (Phi) is 5.82. The SMILES string of the molecule is O=C(Nc1ccccc1)c1ccc(-c2ccc(C(=O)Nc3cccc4ccccc34)cc2)nc1. The normalized spacial score (nSPS) is 10.6. The number of anilines is 2. The Hall–Kier alpha value is -4.77. The summed E-state index contributed by atoms with van der Waals surface area (Å²) in [5.74, 6) is -0.394. The molecular formula is C29H21N3O2. The van der Waals surface area contributed by atoms with Crippen LogP contribution in [0.3, 0.4) is 0 Å². The van der Waals surface area contributed by atoms with E-state index in [-0.39, 0.29) is 11.8 Å². The first kappa shape index (κ1) is 21.1. The highest BCUT2D eigenvalue weighted by Gasteiger charge is 2.10. The molecule has 5 rings (SSSR count). The fourth-order valence-corrected chi connectivity index (χ4v) is 3.74. The zero-order valence-electron chi connectivity index (χ0n) is 18.2. The van der Waals surface area contributed by atoms with Gasteiger partial charge in [-0.1, -0.05) is 66.7 Å². The van der Waals surface area contributed by atoms with Gasteiger partial charge < -0.3 is 10.6 Å². The van der Waals surface area contributed by atoms with Crippen molar-refractivity contribution in [3.63, 3.8) is 0 Å². The molecule has 0 saturated heterocycles. The van der Waals surface area contributed by atoms with Crippen LogP contribution in [0, 0.1) is 0 Å². The topological polar surface area (TPSA) is 71.1 Å². The van der Waals surface area contributed by atoms with Crippen molar-refractivity contribution in [3.05, 3.63) is 127 Å². The van der Waals surface area contributed by atoms with Crippen molar-refractivity contribution in [2.45, 2.75) is 0 Å². The van der Waals surface area contributed by atoms with E-state index >= 15 is 0 Å². The second-order valence-electron chi connectivity index (χ2n) is 7.81. The first-order chi connectivity index (χ1) is 16.7. The number of nitrogens with zero attached hydrogens (tertiary/aromatic N) is 1. The largest absolute Gasteiger partial charge is 0.322 e. The number of rotatable bonds is 5. The van der Waals surface area contributed by atoms with Crippen molar-refractivity contribution in [2.75, 3.05) is 10.6 Å². The minimum Gasteiger partial charge on any atom is -0.322 e. The van der Waals surface area contributed by atoms with E-state index in [0.29, 0.717) is 11.1 Å². The third-order valence-electron chi connectivity index (χ3n) is 5.54. The van der Waals surface area contributed by atoms with Gasteiger partial charge in [-0.15, -0.1) is 0 Å². The van der Waals surface area contributed by atoms with Crippen molar-refractivity contribution < 1.29 is 9.59 Å². The van der Waals surface area contributed by atoms with Crippen LogP contribution < -0.4 is 10.6 Å². The molecule has 2 amide bonds. The molecule has 5 aromatic rings. The minimum atomic E-state index is -0.217. The van der Waals surface area contributed by atoms with Crippen molar-refractivity contribution in [1.82, 2.24) is 4.98 Å². The molecule has 4 aromatic carbocycles. The molecule has 0 fully saturated rings. The van der Waals surface area contributed by atoms with E-state index in [0.717, 1.165) is 33.4 Å². The van der Waals surface area contributed by atoms with E-state index in [1.54, 1.807) is 30.5 Å². The summed E-state index contributed by atoms with van der Waals surface area (Å²) in [6.07, 6.45) is 1.55. The van der Waals surface area contributed by atoms with Crippen LogP contribution in [0.5, 0.6) is 0 Å². The Morgan fingerprint density at radius 1 is 0.588 bits per heavy atom. The highest BCUT2D eigenvalue weighted by Crippen LogP contribution is 2.24. The summed E-state index contributed by atoms with van der Waals surface area (Å²) < 4.78 is 0. The summed E-state index contributed by atoms with van der Waals surface area (Å²) in [5, 5.41) is 7.91. The van der Waals surface area contributed by atoms with Crippen LogP contribution in [0.1, 0.15) is 20.7 Å². The summed E-state index contributed by atoms with van der Waals surface area (Å²) in [7, 11) is 0. The zero-order valence-corrected chi connectivity index (χ0v) is 18.2. The van der Waals surface area contributed by atoms with Gasteiger partial charge in [-0.25, -0.2) is 0 Å². The number of benzene rings is 4. The molecule has 5 heteroatoms. The van der Waals surface area contributed by atoms with Gasteiger partial charge in [0.25, 0.3) is 11.8 Å². The highest BCUT2D eigenvalue weighted by atomic mass is 16.2. The van der Waals surface area contributed by atoms with Crippen LogP contribution in [-0.2, 0) is 0 Å². The lowest BCUT2D eigenvalue weighted by Crippen LogP contribution is -2.12. The molecule has 0 aliphatic rings. The molecule has 0 bridgehead atoms. The number of para-hydroxylation sites is 1. The van der Waals surface area contributed by atoms with Gasteiger partial charge in [0.15, 0.2) is 0 Å². The quantitative estimate of drug-likeness (QED) is 0.330. The standard InChI is InChI=1S/C29H21N3O2/c33-28(32-27-12-6-8-20-7-4-5-11-25(20)27)22-15-13-21(14-16-22)26-18-17-23(19-30-26)29(34)31-24-9-2-1-3-10-24/h1-19H,(H,31,34)(H,32,33). The molecule has 0 aliphatic carbocycles. The van der Waals surface area contributed by atoms with Crippen molar-refractivity contribution in [1.29, 1.82) is 0 Å². The van der Waals surface area contributed by atoms with Gasteiger partial charge in [0, 0.05) is 34.1 Å². The monoisotopic (exact) mass is 443 g/mol. The predicted octanol–water partition coefficient (Wildman–Crippen LogP) is 6.41. The van der Waals surface area contributed by atoms with Crippen molar-refractivity contribution in [3.8, 4) is 11.3 Å². The van der Waals surface area contributed by atoms with Gasteiger partial charge in [0.05, 0.1) is 11.3 Å². The predicted molar refractivity (Wildman–Crippen MR) is 136 cm³/mol. The number of aromatic nitrogens is 1. The first-order valence-electron chi connectivity index (χ1n) is 10.9. The van der Waals surface area contributed by atoms with E-state index in [1.807, 2.05) is 84.9 Å². The van der Waals surface area contributed by atoms with Gasteiger partial charge in [-0.3, -0.25) is 14.6 Å². The molecule has 2 N–H and O–H groups in total. The number of hydrogen-bond donors (Lipinski definition) is 2. The number of hydrogen-bond acceptors (Lipinski definition) is 3. The zero-order chi connectivity index (χ0) is 23.3. The molecule has 0 saturated carbocycles. The van der Waals surface area contributed by atoms with Gasteiger partial charge in [0.1, 0.15) is 0 Å². The van der Waals surface area contributed by atoms with Crippen LogP contribution in [0.2, 0.25) is 0 Å². The van der Waals surface area contributed by atoms with E-state index in [2.05, 4.69) is 15.6 Å². The Balaban J connectivity index is 1.28. The third-order valence-corrected chi connectivity index (χ3v) is 5.54. The summed E-state index contributed by atoms with van der Waals surface area (Å²) in [4.78, 5) is 29.6. The van der Waals surface area contributed by atoms with E-state index in [4.69, 9.17) is 0 Å². The molecule has 1 heterocycles. The number of nitrogens with one attached hydrogen (secondary N) is 2. The summed E-state index contributed by atoms with van der Waals surface area (Å²) >= 11 is 0. The van der Waals surface area contributed by atoms with Gasteiger partial charge in [-0.05, 0) is 47.9 Å². The third kappa shape index (κ3) is 4.54. The summed E-state index contributed by atoms with van der Waals surface area (Å²) in [6, 6.07) is 33.8. The molecule has 0 spiro atoms. The fourth-order valence-electron chi connectivity index (χ4n) is 3.74. The van der Waals surface area contributed by atoms with Crippen LogP contribution in [0.15, 0.2) is 115 Å². The number of carbonyl (C=O) groups is 2. The average molecular weight is 444 g/mol. The average Bonchev–Trinajstić information content (AvgIpc) is 2.90. The highest BCUT2D eigenvalue weighted by molar-refractivity contribution is 6.09. The second-order valence-corrected chi connectivity index (χ2v) is 7.81. The van der Waals surface area contributed by atoms with Crippen molar-refractivity contribution >= 4 is 34.0 Å². The van der Waals surface area contributed by atoms with E-state index < -0.39 is 0 Å². The Morgan fingerprint density at radius 3 is 2.03 bits per heavy atom. The number of pyridine rings is 1. The molecule has 1 aromatic heterocycles.